The molecule has 0 saturated carbocycles. The first-order chi connectivity index (χ1) is 12.2. The number of carbonyl (C=O) groups is 1. The van der Waals surface area contributed by atoms with Gasteiger partial charge in [0.05, 0.1) is 24.2 Å². The number of carbonyl (C=O) groups excluding carboxylic acids is 1. The van der Waals surface area contributed by atoms with Crippen molar-refractivity contribution in [2.75, 3.05) is 18.5 Å². The Kier molecular flexibility index (Phi) is 5.43. The van der Waals surface area contributed by atoms with Crippen molar-refractivity contribution in [3.63, 3.8) is 0 Å². The number of rotatable bonds is 8. The normalized spacial score (nSPS) is 10.6. The molecule has 130 valence electrons. The van der Waals surface area contributed by atoms with Crippen LogP contribution in [0.1, 0.15) is 5.56 Å². The summed E-state index contributed by atoms with van der Waals surface area (Å²) < 4.78 is 3.36. The predicted molar refractivity (Wildman–Crippen MR) is 93.2 cm³/mol. The highest BCUT2D eigenvalue weighted by Gasteiger charge is 2.05. The number of hydrogen-bond donors (Lipinski definition) is 3. The lowest BCUT2D eigenvalue weighted by Crippen LogP contribution is -2.30. The summed E-state index contributed by atoms with van der Waals surface area (Å²) in [6, 6.07) is 9.97. The Morgan fingerprint density at radius 1 is 1.24 bits per heavy atom. The van der Waals surface area contributed by atoms with Crippen molar-refractivity contribution in [3.8, 4) is 5.69 Å². The second-order valence-corrected chi connectivity index (χ2v) is 5.47. The van der Waals surface area contributed by atoms with Crippen LogP contribution in [0.25, 0.3) is 5.69 Å². The Hall–Kier alpha value is -3.13. The Balaban J connectivity index is 1.56. The van der Waals surface area contributed by atoms with Crippen molar-refractivity contribution in [2.45, 2.75) is 13.1 Å². The topological polar surface area (TPSA) is 97.0 Å². The maximum absolute atomic E-state index is 11.6. The molecule has 8 heteroatoms. The Labute approximate surface area is 145 Å². The fraction of sp³-hybridized carbons (Fsp3) is 0.235. The monoisotopic (exact) mass is 340 g/mol. The van der Waals surface area contributed by atoms with E-state index in [1.165, 1.54) is 0 Å². The molecule has 0 aliphatic carbocycles. The number of nitrogens with one attached hydrogen (secondary N) is 2. The number of amides is 1. The van der Waals surface area contributed by atoms with E-state index in [9.17, 15) is 4.79 Å². The van der Waals surface area contributed by atoms with Gasteiger partial charge < -0.3 is 15.7 Å². The minimum Gasteiger partial charge on any atom is -0.395 e. The largest absolute Gasteiger partial charge is 0.395 e. The van der Waals surface area contributed by atoms with Crippen molar-refractivity contribution in [1.29, 1.82) is 0 Å². The van der Waals surface area contributed by atoms with Gasteiger partial charge in [0.25, 0.3) is 0 Å². The van der Waals surface area contributed by atoms with Gasteiger partial charge in [-0.05, 0) is 23.8 Å². The van der Waals surface area contributed by atoms with E-state index in [1.54, 1.807) is 23.3 Å². The summed E-state index contributed by atoms with van der Waals surface area (Å²) in [5, 5.41) is 22.9. The summed E-state index contributed by atoms with van der Waals surface area (Å²) in [4.78, 5) is 11.6. The molecule has 0 unspecified atom stereocenters. The fourth-order valence-corrected chi connectivity index (χ4v) is 2.37. The van der Waals surface area contributed by atoms with Crippen LogP contribution in [-0.2, 0) is 17.9 Å². The molecule has 0 radical (unpaired) electrons. The zero-order valence-corrected chi connectivity index (χ0v) is 13.7. The molecule has 0 aliphatic rings. The van der Waals surface area contributed by atoms with E-state index in [1.807, 2.05) is 35.1 Å². The molecule has 1 amide bonds. The Bertz CT molecular complexity index is 812. The zero-order chi connectivity index (χ0) is 17.5. The third kappa shape index (κ3) is 4.67. The quantitative estimate of drug-likeness (QED) is 0.563. The number of nitrogens with zero attached hydrogens (tertiary/aromatic N) is 4. The number of aromatic nitrogens is 4. The van der Waals surface area contributed by atoms with E-state index in [4.69, 9.17) is 5.11 Å². The first kappa shape index (κ1) is 16.7. The van der Waals surface area contributed by atoms with Crippen LogP contribution in [0.2, 0.25) is 0 Å². The van der Waals surface area contributed by atoms with Gasteiger partial charge in [0.15, 0.2) is 0 Å². The molecule has 2 aromatic heterocycles. The van der Waals surface area contributed by atoms with Gasteiger partial charge >= 0.3 is 0 Å². The van der Waals surface area contributed by atoms with Gasteiger partial charge in [-0.25, -0.2) is 4.68 Å². The van der Waals surface area contributed by atoms with E-state index in [-0.39, 0.29) is 25.6 Å². The molecule has 0 bridgehead atoms. The van der Waals surface area contributed by atoms with Crippen molar-refractivity contribution >= 4 is 11.6 Å². The lowest BCUT2D eigenvalue weighted by atomic mass is 10.2. The highest BCUT2D eigenvalue weighted by molar-refractivity contribution is 5.75. The van der Waals surface area contributed by atoms with E-state index < -0.39 is 0 Å². The minimum absolute atomic E-state index is 0.0742. The summed E-state index contributed by atoms with van der Waals surface area (Å²) in [5.41, 5.74) is 2.95. The number of hydrogen-bond acceptors (Lipinski definition) is 5. The lowest BCUT2D eigenvalue weighted by molar-refractivity contribution is -0.122. The van der Waals surface area contributed by atoms with Crippen LogP contribution in [0.15, 0.2) is 55.1 Å². The van der Waals surface area contributed by atoms with Gasteiger partial charge in [-0.3, -0.25) is 9.48 Å². The highest BCUT2D eigenvalue weighted by Crippen LogP contribution is 2.12. The van der Waals surface area contributed by atoms with Crippen LogP contribution in [0.3, 0.4) is 0 Å². The molecule has 0 aliphatic heterocycles. The minimum atomic E-state index is -0.185. The summed E-state index contributed by atoms with van der Waals surface area (Å²) in [5.74, 6) is -0.185. The van der Waals surface area contributed by atoms with Gasteiger partial charge in [-0.15, -0.1) is 0 Å². The number of aliphatic hydroxyl groups excluding tert-OH is 1. The van der Waals surface area contributed by atoms with E-state index in [0.717, 1.165) is 16.9 Å². The van der Waals surface area contributed by atoms with Gasteiger partial charge in [0.1, 0.15) is 6.54 Å². The number of anilines is 1. The molecule has 2 heterocycles. The van der Waals surface area contributed by atoms with Gasteiger partial charge in [-0.2, -0.15) is 10.2 Å². The van der Waals surface area contributed by atoms with Gasteiger partial charge in [0.2, 0.25) is 5.91 Å². The van der Waals surface area contributed by atoms with Crippen molar-refractivity contribution in [1.82, 2.24) is 24.9 Å². The first-order valence-corrected chi connectivity index (χ1v) is 7.97. The van der Waals surface area contributed by atoms with Crippen molar-refractivity contribution in [2.24, 2.45) is 0 Å². The number of aliphatic hydroxyl groups is 1. The maximum atomic E-state index is 11.6. The van der Waals surface area contributed by atoms with Crippen LogP contribution >= 0.6 is 0 Å². The summed E-state index contributed by atoms with van der Waals surface area (Å²) in [6.07, 6.45) is 7.10. The summed E-state index contributed by atoms with van der Waals surface area (Å²) in [6.45, 7) is 0.932. The van der Waals surface area contributed by atoms with Crippen LogP contribution in [0.4, 0.5) is 5.69 Å². The van der Waals surface area contributed by atoms with Crippen LogP contribution in [0.5, 0.6) is 0 Å². The Morgan fingerprint density at radius 3 is 2.96 bits per heavy atom. The molecule has 3 N–H and O–H groups in total. The SMILES string of the molecule is O=C(Cn1cc(NCc2cccc(-n3cccn3)c2)cn1)NCCO. The first-order valence-electron chi connectivity index (χ1n) is 7.97. The number of benzene rings is 1. The van der Waals surface area contributed by atoms with Gasteiger partial charge in [-0.1, -0.05) is 12.1 Å². The predicted octanol–water partition coefficient (Wildman–Crippen LogP) is 0.789. The third-order valence-corrected chi connectivity index (χ3v) is 3.55. The maximum Gasteiger partial charge on any atom is 0.241 e. The van der Waals surface area contributed by atoms with Crippen LogP contribution in [0, 0.1) is 0 Å². The average molecular weight is 340 g/mol. The zero-order valence-electron chi connectivity index (χ0n) is 13.7. The van der Waals surface area contributed by atoms with Crippen molar-refractivity contribution in [3.05, 3.63) is 60.7 Å². The molecule has 3 rings (SSSR count). The lowest BCUT2D eigenvalue weighted by Gasteiger charge is -2.07. The van der Waals surface area contributed by atoms with Gasteiger partial charge in [0, 0.05) is 31.7 Å². The standard InChI is InChI=1S/C17H20N6O2/c24-8-6-18-17(25)13-22-12-15(11-21-22)19-10-14-3-1-4-16(9-14)23-7-2-5-20-23/h1-5,7,9,11-12,19,24H,6,8,10,13H2,(H,18,25). The smallest absolute Gasteiger partial charge is 0.241 e. The molecule has 25 heavy (non-hydrogen) atoms. The molecule has 0 fully saturated rings. The second-order valence-electron chi connectivity index (χ2n) is 5.47. The third-order valence-electron chi connectivity index (χ3n) is 3.55. The summed E-state index contributed by atoms with van der Waals surface area (Å²) in [7, 11) is 0. The van der Waals surface area contributed by atoms with E-state index in [0.29, 0.717) is 6.54 Å². The van der Waals surface area contributed by atoms with Crippen molar-refractivity contribution < 1.29 is 9.90 Å². The molecule has 0 atom stereocenters. The van der Waals surface area contributed by atoms with Crippen LogP contribution in [-0.4, -0.2) is 43.7 Å². The van der Waals surface area contributed by atoms with Crippen LogP contribution < -0.4 is 10.6 Å². The molecular weight excluding hydrogens is 320 g/mol. The molecule has 1 aromatic carbocycles. The highest BCUT2D eigenvalue weighted by atomic mass is 16.3. The molecule has 8 nitrogen and oxygen atoms in total. The molecule has 3 aromatic rings. The summed E-state index contributed by atoms with van der Waals surface area (Å²) >= 11 is 0. The molecule has 0 saturated heterocycles. The fourth-order valence-electron chi connectivity index (χ4n) is 2.37. The van der Waals surface area contributed by atoms with E-state index >= 15 is 0 Å². The molecular formula is C17H20N6O2. The average Bonchev–Trinajstić information content (AvgIpc) is 3.30. The Morgan fingerprint density at radius 2 is 2.16 bits per heavy atom. The molecule has 0 spiro atoms. The second kappa shape index (κ2) is 8.11. The van der Waals surface area contributed by atoms with E-state index in [2.05, 4.69) is 26.9 Å².